The highest BCUT2D eigenvalue weighted by Gasteiger charge is 2.39. The van der Waals surface area contributed by atoms with Crippen molar-refractivity contribution in [3.05, 3.63) is 39.4 Å². The van der Waals surface area contributed by atoms with Crippen LogP contribution >= 0.6 is 0 Å². The molecule has 0 radical (unpaired) electrons. The van der Waals surface area contributed by atoms with Gasteiger partial charge in [-0.2, -0.15) is 5.01 Å². The topological polar surface area (TPSA) is 137 Å². The highest BCUT2D eigenvalue weighted by molar-refractivity contribution is 6.21. The largest absolute Gasteiger partial charge is 0.445 e. The highest BCUT2D eigenvalue weighted by Crippen LogP contribution is 2.26. The van der Waals surface area contributed by atoms with E-state index in [0.717, 1.165) is 12.1 Å². The second-order valence-corrected chi connectivity index (χ2v) is 8.50. The molecule has 11 heteroatoms. The lowest BCUT2D eigenvalue weighted by atomic mass is 10.0. The minimum atomic E-state index is -1.03. The van der Waals surface area contributed by atoms with Crippen molar-refractivity contribution >= 4 is 23.6 Å². The van der Waals surface area contributed by atoms with Gasteiger partial charge < -0.3 is 4.74 Å². The molecule has 0 saturated heterocycles. The molecule has 0 bridgehead atoms. The van der Waals surface area contributed by atoms with Crippen molar-refractivity contribution in [3.8, 4) is 0 Å². The molecule has 0 spiro atoms. The number of fused-ring (bicyclic) bond motifs is 1. The molecule has 0 aliphatic carbocycles. The zero-order chi connectivity index (χ0) is 22.9. The molecule has 1 heterocycles. The number of rotatable bonds is 7. The van der Waals surface area contributed by atoms with Crippen LogP contribution in [0.5, 0.6) is 0 Å². The SMILES string of the molecule is CC(CC(C)(C)OOC(C)(C)C)OC(=O)NN1C(=O)c2ccc([N+](=O)[O-])cc2C1=O. The first kappa shape index (κ1) is 23.2. The van der Waals surface area contributed by atoms with Crippen LogP contribution in [0.15, 0.2) is 18.2 Å². The predicted octanol–water partition coefficient (Wildman–Crippen LogP) is 3.14. The lowest BCUT2D eigenvalue weighted by molar-refractivity contribution is -0.399. The lowest BCUT2D eigenvalue weighted by Gasteiger charge is -2.30. The summed E-state index contributed by atoms with van der Waals surface area (Å²) >= 11 is 0. The summed E-state index contributed by atoms with van der Waals surface area (Å²) in [6, 6.07) is 3.26. The third kappa shape index (κ3) is 5.74. The number of nitrogens with zero attached hydrogens (tertiary/aromatic N) is 2. The van der Waals surface area contributed by atoms with E-state index in [4.69, 9.17) is 14.5 Å². The molecule has 1 aliphatic rings. The maximum Gasteiger partial charge on any atom is 0.426 e. The number of imide groups is 1. The number of hydrazine groups is 1. The van der Waals surface area contributed by atoms with Gasteiger partial charge in [0.1, 0.15) is 11.7 Å². The lowest BCUT2D eigenvalue weighted by Crippen LogP contribution is -2.47. The Labute approximate surface area is 173 Å². The van der Waals surface area contributed by atoms with E-state index in [9.17, 15) is 24.5 Å². The van der Waals surface area contributed by atoms with Crippen molar-refractivity contribution in [3.63, 3.8) is 0 Å². The number of ether oxygens (including phenoxy) is 1. The molecule has 11 nitrogen and oxygen atoms in total. The number of benzene rings is 1. The van der Waals surface area contributed by atoms with Crippen LogP contribution in [0.1, 0.15) is 68.7 Å². The predicted molar refractivity (Wildman–Crippen MR) is 103 cm³/mol. The second kappa shape index (κ2) is 8.36. The van der Waals surface area contributed by atoms with Crippen LogP contribution in [0.25, 0.3) is 0 Å². The summed E-state index contributed by atoms with van der Waals surface area (Å²) in [5.41, 5.74) is 0.229. The average molecular weight is 423 g/mol. The smallest absolute Gasteiger partial charge is 0.426 e. The summed E-state index contributed by atoms with van der Waals surface area (Å²) in [5.74, 6) is -1.69. The first-order valence-corrected chi connectivity index (χ1v) is 9.21. The number of hydrogen-bond donors (Lipinski definition) is 1. The Morgan fingerprint density at radius 3 is 2.30 bits per heavy atom. The minimum absolute atomic E-state index is 0.0483. The van der Waals surface area contributed by atoms with Crippen molar-refractivity contribution in [2.45, 2.75) is 65.3 Å². The van der Waals surface area contributed by atoms with E-state index in [1.165, 1.54) is 6.07 Å². The van der Waals surface area contributed by atoms with Gasteiger partial charge in [0.25, 0.3) is 17.5 Å². The number of non-ortho nitro benzene ring substituents is 1. The summed E-state index contributed by atoms with van der Waals surface area (Å²) in [7, 11) is 0. The third-order valence-electron chi connectivity index (χ3n) is 3.89. The van der Waals surface area contributed by atoms with Crippen molar-refractivity contribution in [1.82, 2.24) is 10.4 Å². The second-order valence-electron chi connectivity index (χ2n) is 8.50. The fraction of sp³-hybridized carbons (Fsp3) is 0.526. The summed E-state index contributed by atoms with van der Waals surface area (Å²) in [4.78, 5) is 57.8. The van der Waals surface area contributed by atoms with Crippen molar-refractivity contribution in [2.75, 3.05) is 0 Å². The normalized spacial score (nSPS) is 15.1. The molecule has 164 valence electrons. The molecular weight excluding hydrogens is 398 g/mol. The Morgan fingerprint density at radius 2 is 1.73 bits per heavy atom. The average Bonchev–Trinajstić information content (AvgIpc) is 2.83. The van der Waals surface area contributed by atoms with E-state index in [2.05, 4.69) is 5.43 Å². The molecule has 1 unspecified atom stereocenters. The van der Waals surface area contributed by atoms with E-state index < -0.39 is 40.1 Å². The number of carbonyl (C=O) groups excluding carboxylic acids is 3. The zero-order valence-electron chi connectivity index (χ0n) is 17.7. The number of amides is 3. The number of nitrogens with one attached hydrogen (secondary N) is 1. The fourth-order valence-corrected chi connectivity index (χ4v) is 2.75. The minimum Gasteiger partial charge on any atom is -0.445 e. The first-order chi connectivity index (χ1) is 13.7. The molecule has 3 amide bonds. The molecule has 2 rings (SSSR count). The van der Waals surface area contributed by atoms with E-state index in [-0.39, 0.29) is 23.2 Å². The molecule has 1 N–H and O–H groups in total. The van der Waals surface area contributed by atoms with Gasteiger partial charge in [-0.25, -0.2) is 20.0 Å². The first-order valence-electron chi connectivity index (χ1n) is 9.21. The Morgan fingerprint density at radius 1 is 1.13 bits per heavy atom. The monoisotopic (exact) mass is 423 g/mol. The van der Waals surface area contributed by atoms with E-state index in [1.54, 1.807) is 20.8 Å². The molecule has 1 aromatic rings. The Bertz CT molecular complexity index is 875. The number of hydrogen-bond acceptors (Lipinski definition) is 8. The van der Waals surface area contributed by atoms with Crippen molar-refractivity contribution < 1.29 is 33.8 Å². The number of nitro benzene ring substituents is 1. The van der Waals surface area contributed by atoms with Gasteiger partial charge in [-0.15, -0.1) is 0 Å². The Balaban J connectivity index is 1.97. The molecule has 1 atom stereocenters. The van der Waals surface area contributed by atoms with Gasteiger partial charge in [-0.1, -0.05) is 0 Å². The van der Waals surface area contributed by atoms with Gasteiger partial charge in [0.15, 0.2) is 0 Å². The van der Waals surface area contributed by atoms with E-state index in [0.29, 0.717) is 5.01 Å². The van der Waals surface area contributed by atoms with Crippen LogP contribution in [-0.4, -0.2) is 45.1 Å². The van der Waals surface area contributed by atoms with Crippen LogP contribution in [-0.2, 0) is 14.5 Å². The van der Waals surface area contributed by atoms with Crippen LogP contribution in [0.2, 0.25) is 0 Å². The van der Waals surface area contributed by atoms with Crippen molar-refractivity contribution in [2.24, 2.45) is 0 Å². The van der Waals surface area contributed by atoms with E-state index in [1.807, 2.05) is 20.8 Å². The van der Waals surface area contributed by atoms with Gasteiger partial charge in [0, 0.05) is 18.6 Å². The quantitative estimate of drug-likeness (QED) is 0.306. The van der Waals surface area contributed by atoms with Gasteiger partial charge >= 0.3 is 6.09 Å². The molecule has 1 aliphatic heterocycles. The summed E-state index contributed by atoms with van der Waals surface area (Å²) in [6.07, 6.45) is -1.40. The van der Waals surface area contributed by atoms with Crippen LogP contribution in [0, 0.1) is 10.1 Å². The molecule has 0 aromatic heterocycles. The van der Waals surface area contributed by atoms with Crippen molar-refractivity contribution in [1.29, 1.82) is 0 Å². The Hall–Kier alpha value is -3.05. The summed E-state index contributed by atoms with van der Waals surface area (Å²) in [6.45, 7) is 10.6. The van der Waals surface area contributed by atoms with Crippen LogP contribution < -0.4 is 5.43 Å². The maximum atomic E-state index is 12.4. The van der Waals surface area contributed by atoms with Gasteiger partial charge in [-0.3, -0.25) is 19.7 Å². The fourth-order valence-electron chi connectivity index (χ4n) is 2.75. The molecule has 0 saturated carbocycles. The molecule has 1 aromatic carbocycles. The van der Waals surface area contributed by atoms with Crippen LogP contribution in [0.3, 0.4) is 0 Å². The van der Waals surface area contributed by atoms with Gasteiger partial charge in [-0.05, 0) is 47.6 Å². The highest BCUT2D eigenvalue weighted by atomic mass is 17.2. The standard InChI is InChI=1S/C19H25N3O8/c1-11(10-19(5,6)30-29-18(2,3)4)28-17(25)20-21-15(23)13-8-7-12(22(26)27)9-14(13)16(21)24/h7-9,11H,10H2,1-6H3,(H,20,25). The third-order valence-corrected chi connectivity index (χ3v) is 3.89. The van der Waals surface area contributed by atoms with Crippen LogP contribution in [0.4, 0.5) is 10.5 Å². The maximum absolute atomic E-state index is 12.4. The zero-order valence-corrected chi connectivity index (χ0v) is 17.7. The van der Waals surface area contributed by atoms with Gasteiger partial charge in [0.2, 0.25) is 0 Å². The number of nitro groups is 1. The molecule has 30 heavy (non-hydrogen) atoms. The number of carbonyl (C=O) groups is 3. The Kier molecular flexibility index (Phi) is 6.48. The van der Waals surface area contributed by atoms with E-state index >= 15 is 0 Å². The summed E-state index contributed by atoms with van der Waals surface area (Å²) in [5, 5.41) is 11.3. The molecule has 0 fully saturated rings. The van der Waals surface area contributed by atoms with Gasteiger partial charge in [0.05, 0.1) is 21.7 Å². The molecular formula is C19H25N3O8. The summed E-state index contributed by atoms with van der Waals surface area (Å²) < 4.78 is 5.20.